The maximum atomic E-state index is 12.7. The Kier molecular flexibility index (Phi) is 10.4. The van der Waals surface area contributed by atoms with Gasteiger partial charge in [-0.1, -0.05) is 29.8 Å². The van der Waals surface area contributed by atoms with Gasteiger partial charge >= 0.3 is 15.6 Å². The SMILES string of the molecule is Cc1ccc(-c2nc3c(N)ncnc3n2[C@@H]2O[C@H](COP(=O)(O)OP(=O)(O)OC[C@H]3O[C@@H]([n+]4cccc(C(N)=O)c4)[C@H](O)[C@@H]3O)[C@@H](O)[C@H]2O)cc1. The van der Waals surface area contributed by atoms with E-state index >= 15 is 0 Å². The van der Waals surface area contributed by atoms with Gasteiger partial charge in [-0.15, -0.1) is 0 Å². The van der Waals surface area contributed by atoms with E-state index in [4.69, 9.17) is 30.0 Å². The number of nitrogen functional groups attached to an aromatic ring is 1. The van der Waals surface area contributed by atoms with Crippen molar-refractivity contribution in [2.75, 3.05) is 18.9 Å². The van der Waals surface area contributed by atoms with E-state index in [9.17, 15) is 44.1 Å². The van der Waals surface area contributed by atoms with Crippen molar-refractivity contribution in [3.8, 4) is 11.4 Å². The highest BCUT2D eigenvalue weighted by atomic mass is 31.3. The van der Waals surface area contributed by atoms with Crippen LogP contribution >= 0.6 is 15.6 Å². The van der Waals surface area contributed by atoms with E-state index in [0.717, 1.165) is 5.56 Å². The van der Waals surface area contributed by atoms with Crippen LogP contribution in [-0.2, 0) is 32.0 Å². The Bertz CT molecular complexity index is 2020. The first kappa shape index (κ1) is 37.0. The van der Waals surface area contributed by atoms with Crippen LogP contribution in [0.4, 0.5) is 5.82 Å². The Hall–Kier alpha value is -3.79. The van der Waals surface area contributed by atoms with Gasteiger partial charge in [-0.2, -0.15) is 8.88 Å². The maximum absolute atomic E-state index is 12.7. The third kappa shape index (κ3) is 7.71. The molecule has 0 saturated carbocycles. The van der Waals surface area contributed by atoms with Crippen LogP contribution in [-0.4, -0.2) is 105 Å². The fraction of sp³-hybridized carbons (Fsp3) is 0.393. The molecular weight excluding hydrogens is 720 g/mol. The molecule has 0 bridgehead atoms. The molecule has 10 atom stereocenters. The van der Waals surface area contributed by atoms with Crippen molar-refractivity contribution in [2.45, 2.75) is 56.0 Å². The Balaban J connectivity index is 1.10. The number of carbonyl (C=O) groups is 1. The van der Waals surface area contributed by atoms with Crippen LogP contribution in [0.25, 0.3) is 22.6 Å². The van der Waals surface area contributed by atoms with Gasteiger partial charge in [-0.3, -0.25) is 18.4 Å². The zero-order valence-electron chi connectivity index (χ0n) is 26.5. The van der Waals surface area contributed by atoms with Gasteiger partial charge in [0, 0.05) is 11.6 Å². The first-order valence-electron chi connectivity index (χ1n) is 15.1. The maximum Gasteiger partial charge on any atom is 0.481 e. The van der Waals surface area contributed by atoms with Gasteiger partial charge in [0.2, 0.25) is 0 Å². The zero-order chi connectivity index (χ0) is 36.8. The summed E-state index contributed by atoms with van der Waals surface area (Å²) in [5, 5.41) is 42.7. The van der Waals surface area contributed by atoms with Crippen LogP contribution in [0.5, 0.6) is 0 Å². The number of pyridine rings is 1. The zero-order valence-corrected chi connectivity index (χ0v) is 28.3. The fourth-order valence-corrected chi connectivity index (χ4v) is 7.67. The number of aryl methyl sites for hydroxylation is 1. The Morgan fingerprint density at radius 3 is 2.22 bits per heavy atom. The van der Waals surface area contributed by atoms with Crippen LogP contribution in [0.15, 0.2) is 55.1 Å². The minimum Gasteiger partial charge on any atom is -0.387 e. The molecule has 3 aromatic heterocycles. The van der Waals surface area contributed by atoms with E-state index in [1.807, 2.05) is 19.1 Å². The molecule has 23 heteroatoms. The standard InChI is InChI=1S/C28H33N7O14P2/c1-13-4-6-14(7-5-13)25-33-18-23(29)31-12-32-26(18)35(25)28-22(39)20(37)17(48-28)11-46-51(43,44)49-50(41,42)45-10-16-19(36)21(38)27(47-16)34-8-2-3-15(9-34)24(30)40/h2-9,12,16-17,19-22,27-28,36-39H,10-11H2,1H3,(H5-,29,30,31,32,40,41,42,43,44)/p+1/t16-,17-,19-,20-,21-,22-,27-,28-/m1/s1. The highest BCUT2D eigenvalue weighted by Gasteiger charge is 2.50. The molecular formula is C28H34N7O14P2+. The van der Waals surface area contributed by atoms with Crippen LogP contribution < -0.4 is 16.0 Å². The number of carbonyl (C=O) groups excluding carboxylic acids is 1. The first-order valence-corrected chi connectivity index (χ1v) is 18.1. The van der Waals surface area contributed by atoms with E-state index < -0.39 is 83.8 Å². The number of aliphatic hydroxyl groups is 4. The molecule has 2 aliphatic rings. The van der Waals surface area contributed by atoms with Gasteiger partial charge < -0.3 is 51.2 Å². The van der Waals surface area contributed by atoms with Crippen LogP contribution in [0.2, 0.25) is 0 Å². The molecule has 274 valence electrons. The van der Waals surface area contributed by atoms with E-state index in [-0.39, 0.29) is 28.4 Å². The number of benzene rings is 1. The molecule has 10 N–H and O–H groups in total. The number of amides is 1. The lowest BCUT2D eigenvalue weighted by Gasteiger charge is -2.20. The number of ether oxygens (including phenoxy) is 2. The van der Waals surface area contributed by atoms with Gasteiger partial charge in [-0.25, -0.2) is 24.1 Å². The van der Waals surface area contributed by atoms with E-state index in [0.29, 0.717) is 5.56 Å². The third-order valence-electron chi connectivity index (χ3n) is 8.15. The number of primary amides is 1. The van der Waals surface area contributed by atoms with Crippen molar-refractivity contribution < 1.29 is 71.5 Å². The first-order chi connectivity index (χ1) is 24.0. The smallest absolute Gasteiger partial charge is 0.387 e. The minimum atomic E-state index is -5.43. The quantitative estimate of drug-likeness (QED) is 0.0632. The molecule has 2 aliphatic heterocycles. The molecule has 6 rings (SSSR count). The second-order valence-corrected chi connectivity index (χ2v) is 14.8. The summed E-state index contributed by atoms with van der Waals surface area (Å²) < 4.78 is 53.2. The number of nitrogens with zero attached hydrogens (tertiary/aromatic N) is 5. The summed E-state index contributed by atoms with van der Waals surface area (Å²) >= 11 is 0. The topological polar surface area (TPSA) is 318 Å². The molecule has 1 aromatic carbocycles. The summed E-state index contributed by atoms with van der Waals surface area (Å²) in [6.07, 6.45) is -8.36. The lowest BCUT2D eigenvalue weighted by molar-refractivity contribution is -0.765. The molecule has 4 aromatic rings. The molecule has 0 radical (unpaired) electrons. The van der Waals surface area contributed by atoms with E-state index in [1.54, 1.807) is 12.1 Å². The molecule has 2 saturated heterocycles. The number of imidazole rings is 1. The Morgan fingerprint density at radius 2 is 1.57 bits per heavy atom. The number of nitrogens with two attached hydrogens (primary N) is 2. The molecule has 0 spiro atoms. The predicted molar refractivity (Wildman–Crippen MR) is 170 cm³/mol. The minimum absolute atomic E-state index is 0.0351. The second kappa shape index (κ2) is 14.3. The predicted octanol–water partition coefficient (Wildman–Crippen LogP) is -1.04. The summed E-state index contributed by atoms with van der Waals surface area (Å²) in [6, 6.07) is 10.00. The average molecular weight is 755 g/mol. The highest BCUT2D eigenvalue weighted by Crippen LogP contribution is 2.60. The highest BCUT2D eigenvalue weighted by molar-refractivity contribution is 7.61. The number of hydrogen-bond acceptors (Lipinski definition) is 16. The molecule has 5 heterocycles. The Morgan fingerprint density at radius 1 is 0.941 bits per heavy atom. The van der Waals surface area contributed by atoms with Crippen LogP contribution in [0.1, 0.15) is 28.4 Å². The summed E-state index contributed by atoms with van der Waals surface area (Å²) in [5.74, 6) is -0.485. The van der Waals surface area contributed by atoms with Gasteiger partial charge in [0.25, 0.3) is 12.1 Å². The summed E-state index contributed by atoms with van der Waals surface area (Å²) in [4.78, 5) is 44.6. The fourth-order valence-electron chi connectivity index (χ4n) is 5.58. The Labute approximate surface area is 287 Å². The molecule has 1 amide bonds. The van der Waals surface area contributed by atoms with Crippen molar-refractivity contribution in [3.05, 3.63) is 66.2 Å². The molecule has 0 aliphatic carbocycles. The summed E-state index contributed by atoms with van der Waals surface area (Å²) in [5.41, 5.74) is 13.2. The van der Waals surface area contributed by atoms with Crippen molar-refractivity contribution in [1.82, 2.24) is 19.5 Å². The average Bonchev–Trinajstić information content (AvgIpc) is 3.70. The monoisotopic (exact) mass is 754 g/mol. The molecule has 21 nitrogen and oxygen atoms in total. The third-order valence-corrected chi connectivity index (χ3v) is 10.8. The van der Waals surface area contributed by atoms with Crippen molar-refractivity contribution in [3.63, 3.8) is 0 Å². The summed E-state index contributed by atoms with van der Waals surface area (Å²) in [6.45, 7) is 0.0512. The number of anilines is 1. The number of aromatic nitrogens is 5. The normalized spacial score (nSPS) is 28.8. The summed E-state index contributed by atoms with van der Waals surface area (Å²) in [7, 11) is -10.8. The van der Waals surface area contributed by atoms with Crippen molar-refractivity contribution in [2.24, 2.45) is 5.73 Å². The second-order valence-electron chi connectivity index (χ2n) is 11.7. The molecule has 2 fully saturated rings. The van der Waals surface area contributed by atoms with Crippen molar-refractivity contribution in [1.29, 1.82) is 0 Å². The van der Waals surface area contributed by atoms with Gasteiger partial charge in [0.1, 0.15) is 48.2 Å². The lowest BCUT2D eigenvalue weighted by atomic mass is 10.1. The van der Waals surface area contributed by atoms with Gasteiger partial charge in [-0.05, 0) is 13.0 Å². The number of phosphoric acid groups is 2. The number of rotatable bonds is 12. The van der Waals surface area contributed by atoms with E-state index in [1.165, 1.54) is 40.0 Å². The number of hydrogen-bond donors (Lipinski definition) is 8. The van der Waals surface area contributed by atoms with E-state index in [2.05, 4.69) is 19.3 Å². The largest absolute Gasteiger partial charge is 0.481 e. The van der Waals surface area contributed by atoms with Crippen LogP contribution in [0, 0.1) is 6.92 Å². The molecule has 51 heavy (non-hydrogen) atoms. The number of aliphatic hydroxyl groups excluding tert-OH is 4. The number of fused-ring (bicyclic) bond motifs is 1. The van der Waals surface area contributed by atoms with Gasteiger partial charge in [0.05, 0.1) is 13.2 Å². The molecule has 2 unspecified atom stereocenters. The van der Waals surface area contributed by atoms with Gasteiger partial charge in [0.15, 0.2) is 41.7 Å². The number of phosphoric ester groups is 2. The van der Waals surface area contributed by atoms with Crippen LogP contribution in [0.3, 0.4) is 0 Å². The van der Waals surface area contributed by atoms with Crippen molar-refractivity contribution >= 4 is 38.5 Å². The lowest BCUT2D eigenvalue weighted by Crippen LogP contribution is -2.46.